The molecule has 0 aliphatic heterocycles. The third-order valence-corrected chi connectivity index (χ3v) is 2.92. The van der Waals surface area contributed by atoms with Gasteiger partial charge in [0.2, 0.25) is 5.76 Å². The molecule has 0 spiro atoms. The van der Waals surface area contributed by atoms with Gasteiger partial charge in [0, 0.05) is 17.7 Å². The molecule has 0 radical (unpaired) electrons. The Hall–Kier alpha value is -2.54. The van der Waals surface area contributed by atoms with Crippen LogP contribution in [0.5, 0.6) is 5.75 Å². The molecule has 1 heterocycles. The van der Waals surface area contributed by atoms with Gasteiger partial charge in [-0.2, -0.15) is 0 Å². The Balaban J connectivity index is 2.12. The van der Waals surface area contributed by atoms with Gasteiger partial charge in [-0.1, -0.05) is 11.6 Å². The van der Waals surface area contributed by atoms with Crippen molar-refractivity contribution in [3.63, 3.8) is 0 Å². The summed E-state index contributed by atoms with van der Waals surface area (Å²) in [6.45, 7) is 0.0124. The van der Waals surface area contributed by atoms with E-state index in [4.69, 9.17) is 20.8 Å². The first kappa shape index (κ1) is 14.9. The summed E-state index contributed by atoms with van der Waals surface area (Å²) < 4.78 is 15.0. The molecule has 0 amide bonds. The van der Waals surface area contributed by atoms with Crippen molar-refractivity contribution in [1.29, 1.82) is 0 Å². The number of carbonyl (C=O) groups excluding carboxylic acids is 1. The Morgan fingerprint density at radius 1 is 1.43 bits per heavy atom. The summed E-state index contributed by atoms with van der Waals surface area (Å²) in [6, 6.07) is 5.41. The monoisotopic (exact) mass is 311 g/mol. The number of nitro groups is 1. The van der Waals surface area contributed by atoms with Crippen LogP contribution < -0.4 is 4.74 Å². The fourth-order valence-electron chi connectivity index (χ4n) is 1.60. The average molecular weight is 312 g/mol. The van der Waals surface area contributed by atoms with E-state index in [1.54, 1.807) is 6.07 Å². The summed E-state index contributed by atoms with van der Waals surface area (Å²) in [5.74, 6) is -0.316. The van der Waals surface area contributed by atoms with Crippen LogP contribution >= 0.6 is 11.6 Å². The van der Waals surface area contributed by atoms with E-state index < -0.39 is 10.9 Å². The fraction of sp³-hybridized carbons (Fsp3) is 0.154. The Morgan fingerprint density at radius 2 is 2.19 bits per heavy atom. The number of non-ortho nitro benzene ring substituents is 1. The van der Waals surface area contributed by atoms with Crippen molar-refractivity contribution in [2.24, 2.45) is 0 Å². The van der Waals surface area contributed by atoms with Crippen molar-refractivity contribution in [3.05, 3.63) is 57.0 Å². The number of esters is 1. The first-order chi connectivity index (χ1) is 10.0. The quantitative estimate of drug-likeness (QED) is 0.478. The first-order valence-electron chi connectivity index (χ1n) is 5.74. The maximum absolute atomic E-state index is 11.4. The molecule has 1 aromatic heterocycles. The second-order valence-electron chi connectivity index (χ2n) is 3.93. The zero-order valence-electron chi connectivity index (χ0n) is 10.9. The van der Waals surface area contributed by atoms with Gasteiger partial charge in [-0.25, -0.2) is 4.79 Å². The summed E-state index contributed by atoms with van der Waals surface area (Å²) in [6.07, 6.45) is 1.34. The third kappa shape index (κ3) is 3.32. The standard InChI is InChI=1S/C13H10ClNO6/c1-19-13(16)12-8(4-5-20-12)7-21-11-3-2-9(15(17)18)6-10(11)14/h2-6H,7H2,1H3. The molecule has 1 aromatic carbocycles. The molecule has 0 saturated carbocycles. The molecule has 0 N–H and O–H groups in total. The van der Waals surface area contributed by atoms with Crippen LogP contribution in [0.2, 0.25) is 5.02 Å². The number of benzene rings is 1. The zero-order valence-corrected chi connectivity index (χ0v) is 11.6. The summed E-state index contributed by atoms with van der Waals surface area (Å²) in [5.41, 5.74) is 0.349. The number of hydrogen-bond donors (Lipinski definition) is 0. The van der Waals surface area contributed by atoms with Gasteiger partial charge < -0.3 is 13.9 Å². The molecule has 7 nitrogen and oxygen atoms in total. The predicted octanol–water partition coefficient (Wildman–Crippen LogP) is 3.21. The van der Waals surface area contributed by atoms with Crippen LogP contribution in [0.4, 0.5) is 5.69 Å². The average Bonchev–Trinajstić information content (AvgIpc) is 2.93. The molecular formula is C13H10ClNO6. The lowest BCUT2D eigenvalue weighted by Crippen LogP contribution is -2.05. The topological polar surface area (TPSA) is 91.8 Å². The molecule has 2 rings (SSSR count). The number of ether oxygens (including phenoxy) is 2. The third-order valence-electron chi connectivity index (χ3n) is 2.63. The number of halogens is 1. The van der Waals surface area contributed by atoms with Crippen molar-refractivity contribution in [1.82, 2.24) is 0 Å². The van der Waals surface area contributed by atoms with E-state index in [9.17, 15) is 14.9 Å². The molecule has 21 heavy (non-hydrogen) atoms. The van der Waals surface area contributed by atoms with Crippen molar-refractivity contribution < 1.29 is 23.6 Å². The molecule has 0 atom stereocenters. The lowest BCUT2D eigenvalue weighted by Gasteiger charge is -2.07. The highest BCUT2D eigenvalue weighted by Crippen LogP contribution is 2.29. The van der Waals surface area contributed by atoms with Gasteiger partial charge in [0.25, 0.3) is 5.69 Å². The Morgan fingerprint density at radius 3 is 2.81 bits per heavy atom. The molecule has 8 heteroatoms. The van der Waals surface area contributed by atoms with Crippen molar-refractivity contribution in [2.75, 3.05) is 7.11 Å². The molecule has 0 unspecified atom stereocenters. The predicted molar refractivity (Wildman–Crippen MR) is 72.5 cm³/mol. The molecule has 0 aliphatic carbocycles. The number of furan rings is 1. The van der Waals surface area contributed by atoms with E-state index >= 15 is 0 Å². The Kier molecular flexibility index (Phi) is 4.44. The number of rotatable bonds is 5. The van der Waals surface area contributed by atoms with Crippen LogP contribution in [-0.2, 0) is 11.3 Å². The number of nitro benzene ring substituents is 1. The summed E-state index contributed by atoms with van der Waals surface area (Å²) in [7, 11) is 1.24. The van der Waals surface area contributed by atoms with Crippen molar-refractivity contribution in [3.8, 4) is 5.75 Å². The van der Waals surface area contributed by atoms with E-state index in [0.717, 1.165) is 0 Å². The maximum Gasteiger partial charge on any atom is 0.374 e. The number of hydrogen-bond acceptors (Lipinski definition) is 6. The molecule has 2 aromatic rings. The van der Waals surface area contributed by atoms with Crippen LogP contribution in [0, 0.1) is 10.1 Å². The molecule has 0 saturated heterocycles. The van der Waals surface area contributed by atoms with Crippen LogP contribution in [0.1, 0.15) is 16.1 Å². The van der Waals surface area contributed by atoms with Crippen molar-refractivity contribution >= 4 is 23.3 Å². The van der Waals surface area contributed by atoms with Crippen LogP contribution in [0.25, 0.3) is 0 Å². The SMILES string of the molecule is COC(=O)c1occc1COc1ccc([N+](=O)[O-])cc1Cl. The van der Waals surface area contributed by atoms with Crippen LogP contribution in [0.15, 0.2) is 34.9 Å². The van der Waals surface area contributed by atoms with Gasteiger partial charge in [0.1, 0.15) is 12.4 Å². The minimum Gasteiger partial charge on any atom is -0.487 e. The Labute approximate surface area is 124 Å². The van der Waals surface area contributed by atoms with E-state index in [0.29, 0.717) is 5.56 Å². The smallest absolute Gasteiger partial charge is 0.374 e. The maximum atomic E-state index is 11.4. The Bertz CT molecular complexity index is 681. The molecule has 0 aliphatic rings. The van der Waals surface area contributed by atoms with E-state index in [2.05, 4.69) is 4.74 Å². The molecule has 0 fully saturated rings. The minimum atomic E-state index is -0.617. The largest absolute Gasteiger partial charge is 0.487 e. The van der Waals surface area contributed by atoms with E-state index in [1.165, 1.54) is 31.6 Å². The zero-order chi connectivity index (χ0) is 15.4. The second-order valence-corrected chi connectivity index (χ2v) is 4.33. The highest BCUT2D eigenvalue weighted by molar-refractivity contribution is 6.32. The van der Waals surface area contributed by atoms with Gasteiger partial charge in [0.05, 0.1) is 23.3 Å². The summed E-state index contributed by atoms with van der Waals surface area (Å²) >= 11 is 5.90. The second kappa shape index (κ2) is 6.27. The van der Waals surface area contributed by atoms with Crippen LogP contribution in [-0.4, -0.2) is 18.0 Å². The summed E-state index contributed by atoms with van der Waals surface area (Å²) in [5, 5.41) is 10.7. The van der Waals surface area contributed by atoms with Gasteiger partial charge in [-0.15, -0.1) is 0 Å². The first-order valence-corrected chi connectivity index (χ1v) is 6.12. The van der Waals surface area contributed by atoms with Gasteiger partial charge in [0.15, 0.2) is 0 Å². The normalized spacial score (nSPS) is 10.2. The van der Waals surface area contributed by atoms with Gasteiger partial charge >= 0.3 is 5.97 Å². The molecule has 110 valence electrons. The fourth-order valence-corrected chi connectivity index (χ4v) is 1.83. The summed E-state index contributed by atoms with van der Waals surface area (Å²) in [4.78, 5) is 21.5. The van der Waals surface area contributed by atoms with E-state index in [-0.39, 0.29) is 28.8 Å². The number of methoxy groups -OCH3 is 1. The van der Waals surface area contributed by atoms with Gasteiger partial charge in [-0.05, 0) is 12.1 Å². The number of carbonyl (C=O) groups is 1. The number of nitrogens with zero attached hydrogens (tertiary/aromatic N) is 1. The highest BCUT2D eigenvalue weighted by Gasteiger charge is 2.17. The van der Waals surface area contributed by atoms with E-state index in [1.807, 2.05) is 0 Å². The molecule has 0 bridgehead atoms. The lowest BCUT2D eigenvalue weighted by molar-refractivity contribution is -0.384. The van der Waals surface area contributed by atoms with Gasteiger partial charge in [-0.3, -0.25) is 10.1 Å². The highest BCUT2D eigenvalue weighted by atomic mass is 35.5. The lowest BCUT2D eigenvalue weighted by atomic mass is 10.2. The molecular weight excluding hydrogens is 302 g/mol. The minimum absolute atomic E-state index is 0.0124. The van der Waals surface area contributed by atoms with Crippen molar-refractivity contribution in [2.45, 2.75) is 6.61 Å². The van der Waals surface area contributed by atoms with Crippen LogP contribution in [0.3, 0.4) is 0 Å².